The second kappa shape index (κ2) is 10.6. The van der Waals surface area contributed by atoms with Gasteiger partial charge in [-0.1, -0.05) is 42.5 Å². The molecule has 0 N–H and O–H groups in total. The molecular weight excluding hydrogens is 637 g/mol. The molecule has 3 aromatic rings. The van der Waals surface area contributed by atoms with E-state index in [1.165, 1.54) is 38.1 Å². The van der Waals surface area contributed by atoms with Gasteiger partial charge in [0.25, 0.3) is 33.4 Å². The normalized spacial score (nSPS) is 16.5. The lowest BCUT2D eigenvalue weighted by Gasteiger charge is -2.23. The van der Waals surface area contributed by atoms with Crippen LogP contribution >= 0.6 is 20.7 Å². The van der Waals surface area contributed by atoms with Gasteiger partial charge in [-0.3, -0.25) is 28.8 Å². The number of amides is 6. The van der Waals surface area contributed by atoms with Gasteiger partial charge in [0.05, 0.1) is 17.1 Å². The number of imide groups is 3. The van der Waals surface area contributed by atoms with Crippen LogP contribution in [0.3, 0.4) is 0 Å². The highest BCUT2D eigenvalue weighted by molar-refractivity contribution is 14.2. The van der Waals surface area contributed by atoms with Crippen LogP contribution in [0.2, 0.25) is 0 Å². The summed E-state index contributed by atoms with van der Waals surface area (Å²) in [5.41, 5.74) is 4.70. The maximum absolute atomic E-state index is 12.8. The zero-order valence-corrected chi connectivity index (χ0v) is 23.5. The number of benzene rings is 3. The molecule has 202 valence electrons. The first kappa shape index (κ1) is 26.4. The molecule has 3 aliphatic heterocycles. The molecule has 10 heteroatoms. The fourth-order valence-corrected chi connectivity index (χ4v) is 6.57. The van der Waals surface area contributed by atoms with Gasteiger partial charge < -0.3 is 0 Å². The minimum atomic E-state index is -0.926. The molecule has 3 aliphatic rings. The average Bonchev–Trinajstić information content (AvgIpc) is 3.60. The molecule has 0 fully saturated rings. The van der Waals surface area contributed by atoms with Crippen LogP contribution in [0.1, 0.15) is 22.3 Å². The summed E-state index contributed by atoms with van der Waals surface area (Å²) >= 11 is -0.926. The quantitative estimate of drug-likeness (QED) is 0.165. The Kier molecular flexibility index (Phi) is 6.83. The van der Waals surface area contributed by atoms with Gasteiger partial charge in [0.2, 0.25) is 0 Å². The van der Waals surface area contributed by atoms with Gasteiger partial charge in [-0.2, -0.15) is 0 Å². The summed E-state index contributed by atoms with van der Waals surface area (Å²) < 4.78 is 1.29. The van der Waals surface area contributed by atoms with Crippen molar-refractivity contribution in [1.82, 2.24) is 0 Å². The highest BCUT2D eigenvalue weighted by Gasteiger charge is 2.30. The van der Waals surface area contributed by atoms with Crippen LogP contribution in [-0.4, -0.2) is 37.5 Å². The summed E-state index contributed by atoms with van der Waals surface area (Å²) in [4.78, 5) is 77.3. The first-order valence-electron chi connectivity index (χ1n) is 12.6. The van der Waals surface area contributed by atoms with E-state index in [4.69, 9.17) is 0 Å². The Labute approximate surface area is 244 Å². The van der Waals surface area contributed by atoms with E-state index in [1.807, 2.05) is 30.3 Å². The topological polar surface area (TPSA) is 112 Å². The van der Waals surface area contributed by atoms with E-state index >= 15 is 0 Å². The van der Waals surface area contributed by atoms with Gasteiger partial charge in [0, 0.05) is 28.3 Å². The van der Waals surface area contributed by atoms with Crippen molar-refractivity contribution in [2.75, 3.05) is 14.7 Å². The van der Waals surface area contributed by atoms with Gasteiger partial charge in [-0.25, -0.2) is 14.7 Å². The number of rotatable bonds is 7. The number of hydrogen-bond donors (Lipinski definition) is 0. The zero-order chi connectivity index (χ0) is 28.7. The Morgan fingerprint density at radius 1 is 0.488 bits per heavy atom. The van der Waals surface area contributed by atoms with Crippen LogP contribution < -0.4 is 14.7 Å². The molecule has 0 unspecified atom stereocenters. The number of hydrogen-bond acceptors (Lipinski definition) is 6. The van der Waals surface area contributed by atoms with Crippen LogP contribution in [0.25, 0.3) is 0 Å². The van der Waals surface area contributed by atoms with Crippen molar-refractivity contribution in [2.24, 2.45) is 0 Å². The third-order valence-electron chi connectivity index (χ3n) is 6.86. The third kappa shape index (κ3) is 4.97. The minimum Gasteiger partial charge on any atom is -0.269 e. The Hall–Kier alpha value is -4.84. The van der Waals surface area contributed by atoms with Crippen LogP contribution in [0.4, 0.5) is 21.9 Å². The molecule has 0 aromatic heterocycles. The monoisotopic (exact) mass is 657 g/mol. The number of anilines is 3. The molecule has 0 radical (unpaired) electrons. The zero-order valence-electron chi connectivity index (χ0n) is 21.3. The van der Waals surface area contributed by atoms with Crippen molar-refractivity contribution in [2.45, 2.75) is 12.8 Å². The summed E-state index contributed by atoms with van der Waals surface area (Å²) in [6.45, 7) is 0. The first-order chi connectivity index (χ1) is 19.8. The Morgan fingerprint density at radius 2 is 0.927 bits per heavy atom. The summed E-state index contributed by atoms with van der Waals surface area (Å²) in [5, 5.41) is 0. The molecule has 0 bridgehead atoms. The minimum absolute atomic E-state index is 0.168. The number of carbonyl (C=O) groups is 6. The molecule has 0 saturated carbocycles. The fourth-order valence-electron chi connectivity index (χ4n) is 4.96. The number of nitrogens with zero attached hydrogens (tertiary/aromatic N) is 3. The Balaban J connectivity index is 1.30. The lowest BCUT2D eigenvalue weighted by atomic mass is 9.95. The van der Waals surface area contributed by atoms with Crippen molar-refractivity contribution in [1.29, 1.82) is 0 Å². The van der Waals surface area contributed by atoms with Gasteiger partial charge in [0.15, 0.2) is 0 Å². The molecule has 0 aliphatic carbocycles. The number of halogens is 1. The maximum atomic E-state index is 12.8. The van der Waals surface area contributed by atoms with Crippen LogP contribution in [0.5, 0.6) is 0 Å². The summed E-state index contributed by atoms with van der Waals surface area (Å²) in [6, 6.07) is 19.6. The van der Waals surface area contributed by atoms with Crippen molar-refractivity contribution >= 4 is 75.3 Å². The summed E-state index contributed by atoms with van der Waals surface area (Å²) in [7, 11) is 0. The molecule has 3 aromatic carbocycles. The molecule has 0 saturated heterocycles. The van der Waals surface area contributed by atoms with Crippen molar-refractivity contribution in [3.05, 3.63) is 113 Å². The van der Waals surface area contributed by atoms with E-state index in [9.17, 15) is 28.8 Å². The van der Waals surface area contributed by atoms with Crippen LogP contribution in [0, 0.1) is 0 Å². The van der Waals surface area contributed by atoms with E-state index in [0.29, 0.717) is 29.9 Å². The number of para-hydroxylation sites is 1. The fraction of sp³-hybridized carbons (Fsp3) is 0.0645. The van der Waals surface area contributed by atoms with Crippen molar-refractivity contribution in [3.63, 3.8) is 0 Å². The predicted molar refractivity (Wildman–Crippen MR) is 161 cm³/mol. The molecule has 3 heterocycles. The predicted octanol–water partition coefficient (Wildman–Crippen LogP) is 3.97. The average molecular weight is 657 g/mol. The van der Waals surface area contributed by atoms with Crippen LogP contribution in [0.15, 0.2) is 91.0 Å². The second-order valence-corrected chi connectivity index (χ2v) is 11.6. The molecule has 6 amide bonds. The molecule has 9 nitrogen and oxygen atoms in total. The SMILES string of the molecule is O=C1C=CC(=O)N1c1ccc(Cc2cccc(Cc3ccc(N4C(=O)C=IC4=O)cc3)c2N2C(=O)C=CC2=O)cc1. The van der Waals surface area contributed by atoms with E-state index in [1.54, 1.807) is 36.4 Å². The van der Waals surface area contributed by atoms with Gasteiger partial charge in [0.1, 0.15) is 0 Å². The maximum Gasteiger partial charge on any atom is 0.289 e. The highest BCUT2D eigenvalue weighted by Crippen LogP contribution is 2.33. The standard InChI is InChI=1S/C31H20IN3O6/c36-25-12-13-26(37)33(25)23-8-4-19(5-9-23)16-21-2-1-3-22(30(21)35-27(38)14-15-28(35)39)17-20-6-10-24(11-7-20)34-29(40)18-32-31(34)41/h1-15,18H,16-17H2. The van der Waals surface area contributed by atoms with E-state index in [-0.39, 0.29) is 9.82 Å². The lowest BCUT2D eigenvalue weighted by molar-refractivity contribution is -0.121. The molecule has 41 heavy (non-hydrogen) atoms. The molecule has 6 rings (SSSR count). The van der Waals surface area contributed by atoms with Crippen LogP contribution in [-0.2, 0) is 36.8 Å². The Bertz CT molecular complexity index is 1600. The van der Waals surface area contributed by atoms with E-state index in [0.717, 1.165) is 27.2 Å². The Morgan fingerprint density at radius 3 is 1.37 bits per heavy atom. The first-order valence-corrected chi connectivity index (χ1v) is 14.9. The molecule has 0 atom stereocenters. The van der Waals surface area contributed by atoms with E-state index in [2.05, 4.69) is 0 Å². The van der Waals surface area contributed by atoms with Gasteiger partial charge >= 0.3 is 0 Å². The lowest BCUT2D eigenvalue weighted by Crippen LogP contribution is -2.31. The van der Waals surface area contributed by atoms with Crippen molar-refractivity contribution < 1.29 is 28.8 Å². The molecular formula is C31H20IN3O6. The van der Waals surface area contributed by atoms with Gasteiger partial charge in [-0.15, -0.1) is 0 Å². The highest BCUT2D eigenvalue weighted by atomic mass is 127. The largest absolute Gasteiger partial charge is 0.289 e. The smallest absolute Gasteiger partial charge is 0.269 e. The second-order valence-electron chi connectivity index (χ2n) is 9.45. The number of carbonyl (C=O) groups excluding carboxylic acids is 6. The third-order valence-corrected chi connectivity index (χ3v) is 8.72. The summed E-state index contributed by atoms with van der Waals surface area (Å²) in [6.07, 6.45) is 5.73. The van der Waals surface area contributed by atoms with Crippen molar-refractivity contribution in [3.8, 4) is 0 Å². The van der Waals surface area contributed by atoms with E-state index < -0.39 is 44.4 Å². The summed E-state index contributed by atoms with van der Waals surface area (Å²) in [5.74, 6) is -1.96. The van der Waals surface area contributed by atoms with Gasteiger partial charge in [-0.05, 0) is 80.1 Å². The molecule has 0 spiro atoms.